The van der Waals surface area contributed by atoms with Crippen molar-refractivity contribution in [3.05, 3.63) is 0 Å². The first-order valence-corrected chi connectivity index (χ1v) is 4.88. The Hall–Kier alpha value is 5.57. The topological polar surface area (TPSA) is 90.2 Å². The van der Waals surface area contributed by atoms with Gasteiger partial charge in [0, 0.05) is 176 Å². The zero-order chi connectivity index (χ0) is 11.3. The molecule has 0 aliphatic carbocycles. The van der Waals surface area contributed by atoms with Crippen molar-refractivity contribution in [2.75, 3.05) is 6.61 Å². The summed E-state index contributed by atoms with van der Waals surface area (Å²) in [5, 5.41) is 36.4. The van der Waals surface area contributed by atoms with Crippen LogP contribution >= 0.6 is 0 Å². The van der Waals surface area contributed by atoms with Crippen LogP contribution in [0.1, 0.15) is 28.2 Å². The third-order valence-corrected chi connectivity index (χ3v) is 2.13. The van der Waals surface area contributed by atoms with Crippen molar-refractivity contribution >= 4 is 0 Å². The molecule has 0 amide bonds. The first-order valence-electron chi connectivity index (χ1n) is 4.88. The fourth-order valence-corrected chi connectivity index (χ4v) is 1.29. The number of aliphatic hydroxyl groups is 4. The third kappa shape index (κ3) is 14.4. The van der Waals surface area contributed by atoms with E-state index in [1.54, 1.807) is 6.92 Å². The molecule has 106 valence electrons. The van der Waals surface area contributed by atoms with E-state index in [4.69, 9.17) is 9.84 Å². The number of aliphatic hydroxyl groups excluding tert-OH is 4. The van der Waals surface area contributed by atoms with Crippen molar-refractivity contribution in [1.29, 1.82) is 0 Å². The van der Waals surface area contributed by atoms with E-state index in [-0.39, 0.29) is 190 Å². The van der Waals surface area contributed by atoms with Gasteiger partial charge in [-0.05, 0) is 6.92 Å². The fourth-order valence-electron chi connectivity index (χ4n) is 1.29. The van der Waals surface area contributed by atoms with Crippen molar-refractivity contribution in [2.24, 2.45) is 0 Å². The minimum atomic E-state index is -1.24. The SMILES string of the molecule is C.CC.C[C@@H]1O[C@H](CO)C(O)C(O)C1O.[Ac].[Ac].[Ac].[Ac]. The number of hydrogen-bond acceptors (Lipinski definition) is 5. The van der Waals surface area contributed by atoms with Gasteiger partial charge in [-0.15, -0.1) is 0 Å². The van der Waals surface area contributed by atoms with E-state index in [0.717, 1.165) is 0 Å². The number of ether oxygens (including phenoxy) is 1. The first kappa shape index (κ1) is 39.6. The van der Waals surface area contributed by atoms with Crippen molar-refractivity contribution < 1.29 is 201 Å². The normalized spacial score (nSPS) is 31.4. The second kappa shape index (κ2) is 23.6. The third-order valence-electron chi connectivity index (χ3n) is 2.13. The molecular weight excluding hydrogens is 1110 g/mol. The summed E-state index contributed by atoms with van der Waals surface area (Å²) in [6.45, 7) is 5.21. The van der Waals surface area contributed by atoms with Gasteiger partial charge in [0.05, 0.1) is 12.7 Å². The average Bonchev–Trinajstić information content (AvgIpc) is 2.23. The van der Waals surface area contributed by atoms with E-state index in [1.807, 2.05) is 13.8 Å². The molecule has 0 saturated carbocycles. The van der Waals surface area contributed by atoms with Crippen molar-refractivity contribution in [1.82, 2.24) is 0 Å². The Labute approximate surface area is 260 Å². The van der Waals surface area contributed by atoms with Gasteiger partial charge in [-0.2, -0.15) is 0 Å². The van der Waals surface area contributed by atoms with E-state index < -0.39 is 30.5 Å². The van der Waals surface area contributed by atoms with Crippen LogP contribution in [-0.4, -0.2) is 57.6 Å². The molecule has 1 rings (SSSR count). The molecule has 5 nitrogen and oxygen atoms in total. The van der Waals surface area contributed by atoms with Gasteiger partial charge >= 0.3 is 0 Å². The maximum atomic E-state index is 9.23. The van der Waals surface area contributed by atoms with Gasteiger partial charge in [0.1, 0.15) is 24.4 Å². The summed E-state index contributed by atoms with van der Waals surface area (Å²) in [5.41, 5.74) is 0. The summed E-state index contributed by atoms with van der Waals surface area (Å²) in [5.74, 6) is 0. The molecule has 9 heteroatoms. The van der Waals surface area contributed by atoms with Crippen LogP contribution in [0.3, 0.4) is 0 Å². The Balaban J connectivity index is -0.0000000576. The molecule has 0 spiro atoms. The van der Waals surface area contributed by atoms with Crippen LogP contribution in [0.25, 0.3) is 0 Å². The molecule has 5 atom stereocenters. The minimum absolute atomic E-state index is 0. The minimum Gasteiger partial charge on any atom is -0.394 e. The maximum absolute atomic E-state index is 9.23. The van der Waals surface area contributed by atoms with Gasteiger partial charge in [0.25, 0.3) is 0 Å². The van der Waals surface area contributed by atoms with Gasteiger partial charge in [-0.25, -0.2) is 0 Å². The van der Waals surface area contributed by atoms with Crippen LogP contribution in [0.15, 0.2) is 0 Å². The van der Waals surface area contributed by atoms with Crippen molar-refractivity contribution in [3.8, 4) is 0 Å². The molecule has 0 aromatic heterocycles. The second-order valence-corrected chi connectivity index (χ2v) is 3.03. The fraction of sp³-hybridized carbons (Fsp3) is 1.00. The van der Waals surface area contributed by atoms with Crippen LogP contribution in [-0.2, 0) is 4.74 Å². The summed E-state index contributed by atoms with van der Waals surface area (Å²) in [6, 6.07) is 0. The molecule has 4 radical (unpaired) electrons. The smallest absolute Gasteiger partial charge is 0.111 e. The molecule has 0 bridgehead atoms. The average molecular weight is 1130 g/mol. The molecule has 1 aliphatic rings. The quantitative estimate of drug-likeness (QED) is 0.285. The second-order valence-electron chi connectivity index (χ2n) is 3.03. The van der Waals surface area contributed by atoms with E-state index in [2.05, 4.69) is 0 Å². The Morgan fingerprint density at radius 1 is 0.842 bits per heavy atom. The molecule has 4 N–H and O–H groups in total. The van der Waals surface area contributed by atoms with Crippen molar-refractivity contribution in [2.45, 2.75) is 58.7 Å². The Bertz CT molecular complexity index is 162. The molecule has 0 aromatic rings. The molecule has 1 aliphatic heterocycles. The van der Waals surface area contributed by atoms with E-state index >= 15 is 0 Å². The summed E-state index contributed by atoms with van der Waals surface area (Å²) in [6.07, 6.45) is -4.94. The monoisotopic (exact) mass is 1130 g/mol. The van der Waals surface area contributed by atoms with E-state index in [1.165, 1.54) is 0 Å². The van der Waals surface area contributed by atoms with Gasteiger partial charge < -0.3 is 25.2 Å². The van der Waals surface area contributed by atoms with E-state index in [9.17, 15) is 15.3 Å². The molecule has 1 saturated heterocycles. The van der Waals surface area contributed by atoms with Crippen molar-refractivity contribution in [3.63, 3.8) is 0 Å². The van der Waals surface area contributed by atoms with Crippen LogP contribution in [0.2, 0.25) is 0 Å². The summed E-state index contributed by atoms with van der Waals surface area (Å²) in [7, 11) is 0. The van der Waals surface area contributed by atoms with Crippen LogP contribution in [0.5, 0.6) is 0 Å². The summed E-state index contributed by atoms with van der Waals surface area (Å²) < 4.78 is 5.02. The molecule has 0 aromatic carbocycles. The summed E-state index contributed by atoms with van der Waals surface area (Å²) in [4.78, 5) is 0. The van der Waals surface area contributed by atoms with E-state index in [0.29, 0.717) is 0 Å². The maximum Gasteiger partial charge on any atom is 0.111 e. The van der Waals surface area contributed by atoms with Gasteiger partial charge in [0.15, 0.2) is 0 Å². The Morgan fingerprint density at radius 3 is 1.53 bits per heavy atom. The van der Waals surface area contributed by atoms with Crippen LogP contribution in [0, 0.1) is 176 Å². The molecule has 19 heavy (non-hydrogen) atoms. The number of rotatable bonds is 1. The van der Waals surface area contributed by atoms with Crippen LogP contribution < -0.4 is 0 Å². The Morgan fingerprint density at radius 2 is 1.21 bits per heavy atom. The predicted octanol–water partition coefficient (Wildman–Crippen LogP) is -0.489. The Kier molecular flexibility index (Phi) is 49.1. The zero-order valence-corrected chi connectivity index (χ0v) is 30.1. The van der Waals surface area contributed by atoms with Crippen LogP contribution in [0.4, 0.5) is 0 Å². The molecule has 1 fully saturated rings. The summed E-state index contributed by atoms with van der Waals surface area (Å²) >= 11 is 0. The molecule has 3 unspecified atom stereocenters. The largest absolute Gasteiger partial charge is 0.394 e. The van der Waals surface area contributed by atoms with Gasteiger partial charge in [-0.1, -0.05) is 21.3 Å². The van der Waals surface area contributed by atoms with Gasteiger partial charge in [-0.3, -0.25) is 0 Å². The number of hydrogen-bond donors (Lipinski definition) is 4. The predicted molar refractivity (Wildman–Crippen MR) is 57.5 cm³/mol. The molecule has 1 heterocycles. The first-order chi connectivity index (χ1) is 6.57. The molecular formula is C10H24Ac4O5. The zero-order valence-electron chi connectivity index (χ0n) is 11.1. The van der Waals surface area contributed by atoms with Gasteiger partial charge in [0.2, 0.25) is 0 Å². The standard InChI is InChI=1S/C7H14O5.C2H6.CH4.4Ac/c1-3-5(9)7(11)6(10)4(2-8)12-3;1-2;;;;;/h3-11H,2H2,1H3;1-2H3;1H4;;;;/t3-,4+,5?,6?,7?;;;;;;/m0....../s1.